The second-order valence-electron chi connectivity index (χ2n) is 7.62. The summed E-state index contributed by atoms with van der Waals surface area (Å²) < 4.78 is 11.6. The lowest BCUT2D eigenvalue weighted by atomic mass is 9.77. The van der Waals surface area contributed by atoms with Crippen LogP contribution >= 0.6 is 11.6 Å². The summed E-state index contributed by atoms with van der Waals surface area (Å²) in [5.74, 6) is -0.0361. The van der Waals surface area contributed by atoms with E-state index >= 15 is 0 Å². The van der Waals surface area contributed by atoms with E-state index in [2.05, 4.69) is 0 Å². The molecule has 136 valence electrons. The molecule has 1 aromatic carbocycles. The maximum absolute atomic E-state index is 13.0. The van der Waals surface area contributed by atoms with Gasteiger partial charge >= 0.3 is 5.97 Å². The van der Waals surface area contributed by atoms with Gasteiger partial charge in [-0.05, 0) is 30.9 Å². The van der Waals surface area contributed by atoms with Crippen LogP contribution in [-0.2, 0) is 9.53 Å². The van der Waals surface area contributed by atoms with Crippen LogP contribution in [0.5, 0.6) is 5.75 Å². The summed E-state index contributed by atoms with van der Waals surface area (Å²) in [5.41, 5.74) is -0.408. The zero-order chi connectivity index (χ0) is 18.1. The molecule has 5 rings (SSSR count). The number of nitro groups is 1. The molecule has 0 aromatic heterocycles. The minimum Gasteiger partial charge on any atom is -0.426 e. The van der Waals surface area contributed by atoms with E-state index in [1.165, 1.54) is 24.3 Å². The van der Waals surface area contributed by atoms with Crippen LogP contribution in [0.1, 0.15) is 25.7 Å². The number of nitro benzene ring substituents is 1. The molecular formula is C19H18ClNO5. The second kappa shape index (κ2) is 5.30. The van der Waals surface area contributed by atoms with Crippen LogP contribution in [0, 0.1) is 27.4 Å². The summed E-state index contributed by atoms with van der Waals surface area (Å²) >= 11 is 7.01. The molecule has 3 fully saturated rings. The first-order chi connectivity index (χ1) is 12.5. The van der Waals surface area contributed by atoms with Gasteiger partial charge in [-0.3, -0.25) is 14.9 Å². The molecule has 1 saturated heterocycles. The lowest BCUT2D eigenvalue weighted by Gasteiger charge is -2.28. The quantitative estimate of drug-likeness (QED) is 0.201. The van der Waals surface area contributed by atoms with Crippen LogP contribution < -0.4 is 4.74 Å². The lowest BCUT2D eigenvalue weighted by molar-refractivity contribution is -0.384. The van der Waals surface area contributed by atoms with Crippen molar-refractivity contribution in [1.29, 1.82) is 0 Å². The van der Waals surface area contributed by atoms with Crippen molar-refractivity contribution in [2.75, 3.05) is 0 Å². The minimum absolute atomic E-state index is 0.0356. The van der Waals surface area contributed by atoms with E-state index in [1.807, 2.05) is 12.2 Å². The number of nitrogens with zero attached hydrogens (tertiary/aromatic N) is 1. The molecular weight excluding hydrogens is 358 g/mol. The first kappa shape index (κ1) is 16.3. The van der Waals surface area contributed by atoms with Crippen molar-refractivity contribution in [3.63, 3.8) is 0 Å². The van der Waals surface area contributed by atoms with Gasteiger partial charge in [-0.1, -0.05) is 25.0 Å². The smallest absolute Gasteiger partial charge is 0.315 e. The fraction of sp³-hybridized carbons (Fsp3) is 0.526. The molecule has 2 saturated carbocycles. The lowest BCUT2D eigenvalue weighted by Crippen LogP contribution is -2.38. The number of rotatable bonds is 3. The van der Waals surface area contributed by atoms with Crippen molar-refractivity contribution in [2.24, 2.45) is 17.3 Å². The monoisotopic (exact) mass is 375 g/mol. The largest absolute Gasteiger partial charge is 0.426 e. The van der Waals surface area contributed by atoms with Gasteiger partial charge in [0.25, 0.3) is 5.69 Å². The predicted octanol–water partition coefficient (Wildman–Crippen LogP) is 3.62. The van der Waals surface area contributed by atoms with E-state index in [1.54, 1.807) is 0 Å². The predicted molar refractivity (Wildman–Crippen MR) is 93.0 cm³/mol. The van der Waals surface area contributed by atoms with Gasteiger partial charge in [-0.25, -0.2) is 0 Å². The number of hydrogen-bond donors (Lipinski definition) is 0. The number of carbonyl (C=O) groups excluding carboxylic acids is 1. The van der Waals surface area contributed by atoms with Crippen molar-refractivity contribution < 1.29 is 19.2 Å². The number of halogens is 1. The Morgan fingerprint density at radius 1 is 1.19 bits per heavy atom. The van der Waals surface area contributed by atoms with Crippen molar-refractivity contribution in [3.05, 3.63) is 46.5 Å². The van der Waals surface area contributed by atoms with E-state index in [9.17, 15) is 14.9 Å². The average molecular weight is 376 g/mol. The molecule has 0 amide bonds. The summed E-state index contributed by atoms with van der Waals surface area (Å²) in [6.07, 6.45) is 7.60. The third kappa shape index (κ3) is 1.84. The number of ether oxygens (including phenoxy) is 2. The number of benzene rings is 1. The fourth-order valence-corrected chi connectivity index (χ4v) is 6.37. The Hall–Kier alpha value is -1.92. The van der Waals surface area contributed by atoms with E-state index in [-0.39, 0.29) is 41.1 Å². The second-order valence-corrected chi connectivity index (χ2v) is 8.25. The Kier molecular flexibility index (Phi) is 3.32. The Balaban J connectivity index is 1.42. The fourth-order valence-electron chi connectivity index (χ4n) is 5.64. The van der Waals surface area contributed by atoms with Gasteiger partial charge in [0.05, 0.1) is 27.9 Å². The highest BCUT2D eigenvalue weighted by molar-refractivity contribution is 6.29. The molecule has 2 aliphatic carbocycles. The zero-order valence-corrected chi connectivity index (χ0v) is 14.7. The van der Waals surface area contributed by atoms with Gasteiger partial charge in [0.15, 0.2) is 0 Å². The summed E-state index contributed by atoms with van der Waals surface area (Å²) in [7, 11) is 0. The highest BCUT2D eigenvalue weighted by atomic mass is 35.5. The molecule has 1 spiro atoms. The number of esters is 1. The highest BCUT2D eigenvalue weighted by Crippen LogP contribution is 2.82. The zero-order valence-electron chi connectivity index (χ0n) is 14.0. The summed E-state index contributed by atoms with van der Waals surface area (Å²) in [6.45, 7) is 0. The molecule has 2 heterocycles. The molecule has 4 aliphatic rings. The van der Waals surface area contributed by atoms with E-state index in [4.69, 9.17) is 21.1 Å². The summed E-state index contributed by atoms with van der Waals surface area (Å²) in [6, 6.07) is 5.59. The maximum Gasteiger partial charge on any atom is 0.315 e. The van der Waals surface area contributed by atoms with Crippen LogP contribution in [0.25, 0.3) is 0 Å². The number of carbonyl (C=O) groups is 1. The van der Waals surface area contributed by atoms with Gasteiger partial charge in [-0.15, -0.1) is 11.6 Å². The normalized spacial score (nSPS) is 41.9. The molecule has 1 unspecified atom stereocenters. The molecule has 0 N–H and O–H groups in total. The van der Waals surface area contributed by atoms with Crippen LogP contribution in [0.3, 0.4) is 0 Å². The van der Waals surface area contributed by atoms with Crippen LogP contribution in [0.4, 0.5) is 5.69 Å². The third-order valence-electron chi connectivity index (χ3n) is 6.67. The van der Waals surface area contributed by atoms with Crippen molar-refractivity contribution in [1.82, 2.24) is 0 Å². The van der Waals surface area contributed by atoms with Crippen LogP contribution in [-0.4, -0.2) is 28.0 Å². The first-order valence-electron chi connectivity index (χ1n) is 8.98. The topological polar surface area (TPSA) is 78.7 Å². The molecule has 6 atom stereocenters. The Labute approximate surface area is 155 Å². The maximum atomic E-state index is 13.0. The van der Waals surface area contributed by atoms with Crippen molar-refractivity contribution in [3.8, 4) is 5.75 Å². The van der Waals surface area contributed by atoms with Crippen molar-refractivity contribution in [2.45, 2.75) is 42.8 Å². The summed E-state index contributed by atoms with van der Waals surface area (Å²) in [5, 5.41) is 10.8. The average Bonchev–Trinajstić information content (AvgIpc) is 2.85. The van der Waals surface area contributed by atoms with Gasteiger partial charge in [-0.2, -0.15) is 0 Å². The van der Waals surface area contributed by atoms with E-state index in [0.29, 0.717) is 5.75 Å². The SMILES string of the molecule is O=C(Oc1ccc([N+](=O)[O-])cc1)[C@H]1CCCC[C@H]2C13[C@H]1C=C[C@H](O1)[C@]23Cl. The third-order valence-corrected chi connectivity index (χ3v) is 7.47. The van der Waals surface area contributed by atoms with E-state index < -0.39 is 9.80 Å². The minimum atomic E-state index is -0.494. The highest BCUT2D eigenvalue weighted by Gasteiger charge is 2.89. The molecule has 0 radical (unpaired) electrons. The Morgan fingerprint density at radius 2 is 1.88 bits per heavy atom. The number of hydrogen-bond acceptors (Lipinski definition) is 5. The number of non-ortho nitro benzene ring substituents is 1. The first-order valence-corrected chi connectivity index (χ1v) is 9.36. The van der Waals surface area contributed by atoms with Crippen LogP contribution in [0.15, 0.2) is 36.4 Å². The van der Waals surface area contributed by atoms with Crippen LogP contribution in [0.2, 0.25) is 0 Å². The molecule has 2 aliphatic heterocycles. The van der Waals surface area contributed by atoms with E-state index in [0.717, 1.165) is 25.7 Å². The molecule has 1 aromatic rings. The standard InChI is InChI=1S/C19H18ClNO5/c20-19-14-4-2-1-3-13(18(14,19)15-9-10-16(19)26-15)17(22)25-12-7-5-11(6-8-12)21(23)24/h5-10,13-16H,1-4H2/t13-,14+,15-,16+,18?,19-/m1/s1. The van der Waals surface area contributed by atoms with Gasteiger partial charge < -0.3 is 9.47 Å². The van der Waals surface area contributed by atoms with Crippen molar-refractivity contribution >= 4 is 23.3 Å². The number of alkyl halides is 1. The molecule has 7 heteroatoms. The molecule has 6 nitrogen and oxygen atoms in total. The van der Waals surface area contributed by atoms with Gasteiger partial charge in [0.1, 0.15) is 5.75 Å². The Bertz CT molecular complexity index is 824. The summed E-state index contributed by atoms with van der Waals surface area (Å²) in [4.78, 5) is 22.8. The Morgan fingerprint density at radius 3 is 2.62 bits per heavy atom. The molecule has 26 heavy (non-hydrogen) atoms. The molecule has 2 bridgehead atoms. The van der Waals surface area contributed by atoms with Gasteiger partial charge in [0, 0.05) is 17.5 Å². The van der Waals surface area contributed by atoms with Gasteiger partial charge in [0.2, 0.25) is 0 Å². The number of fused-ring (bicyclic) bond motifs is 4.